The molecule has 0 saturated heterocycles. The molecule has 0 aromatic rings. The Balaban J connectivity index is 4.20. The van der Waals surface area contributed by atoms with Crippen molar-refractivity contribution in [1.82, 2.24) is 0 Å². The van der Waals surface area contributed by atoms with E-state index in [9.17, 15) is 19.0 Å². The third-order valence-electron chi connectivity index (χ3n) is 13.1. The van der Waals surface area contributed by atoms with E-state index in [1.54, 1.807) is 0 Å². The van der Waals surface area contributed by atoms with Gasteiger partial charge in [0.2, 0.25) is 0 Å². The fourth-order valence-corrected chi connectivity index (χ4v) is 9.07. The summed E-state index contributed by atoms with van der Waals surface area (Å²) in [5.74, 6) is -0.855. The molecule has 0 spiro atoms. The van der Waals surface area contributed by atoms with Gasteiger partial charge in [0.15, 0.2) is 6.10 Å². The molecule has 76 heavy (non-hydrogen) atoms. The van der Waals surface area contributed by atoms with Crippen molar-refractivity contribution in [3.8, 4) is 0 Å². The standard InChI is InChI=1S/C66H116NO8P/c1-6-8-10-12-14-16-18-20-22-24-26-28-30-32-33-35-37-39-41-43-45-47-49-51-53-55-57-59-66(69)75-64(63-74-76(70,71)73-61-60-67(3,4)5)62-72-65(68)58-56-54-52-50-48-46-44-42-40-38-36-34-31-29-27-25-23-21-19-17-15-13-11-9-7-2/h8,10,14,16,20,22,25-28,32-33,37,39,43,45,64H,6-7,9,11-13,15,17-19,21,23-24,29-31,34-36,38,40-42,44,46-63H2,1-5H3/b10-8-,16-14-,22-20-,27-25-,28-26-,33-32-,39-37-,45-43-. The first kappa shape index (κ1) is 72.9. The zero-order valence-corrected chi connectivity index (χ0v) is 50.6. The number of rotatable bonds is 56. The van der Waals surface area contributed by atoms with E-state index in [0.717, 1.165) is 96.3 Å². The summed E-state index contributed by atoms with van der Waals surface area (Å²) in [5.41, 5.74) is 0. The van der Waals surface area contributed by atoms with Crippen molar-refractivity contribution in [3.63, 3.8) is 0 Å². The molecule has 0 aromatic carbocycles. The van der Waals surface area contributed by atoms with E-state index < -0.39 is 26.5 Å². The van der Waals surface area contributed by atoms with Crippen molar-refractivity contribution >= 4 is 19.8 Å². The van der Waals surface area contributed by atoms with Crippen LogP contribution in [0.15, 0.2) is 97.2 Å². The maximum absolute atomic E-state index is 12.8. The highest BCUT2D eigenvalue weighted by Gasteiger charge is 2.22. The van der Waals surface area contributed by atoms with Crippen LogP contribution in [0.5, 0.6) is 0 Å². The van der Waals surface area contributed by atoms with Gasteiger partial charge in [-0.15, -0.1) is 0 Å². The second kappa shape index (κ2) is 56.6. The number of quaternary nitrogens is 1. The topological polar surface area (TPSA) is 111 Å². The summed E-state index contributed by atoms with van der Waals surface area (Å²) in [7, 11) is 1.14. The van der Waals surface area contributed by atoms with Gasteiger partial charge in [-0.25, -0.2) is 0 Å². The summed E-state index contributed by atoms with van der Waals surface area (Å²) in [4.78, 5) is 37.9. The van der Waals surface area contributed by atoms with E-state index in [1.807, 2.05) is 21.1 Å². The molecule has 0 bridgehead atoms. The normalized spacial score (nSPS) is 13.9. The average Bonchev–Trinajstić information content (AvgIpc) is 3.38. The first-order chi connectivity index (χ1) is 37.0. The number of nitrogens with zero attached hydrogens (tertiary/aromatic N) is 1. The zero-order valence-electron chi connectivity index (χ0n) is 49.7. The molecule has 0 aliphatic heterocycles. The van der Waals surface area contributed by atoms with Crippen molar-refractivity contribution < 1.29 is 42.1 Å². The van der Waals surface area contributed by atoms with E-state index in [-0.39, 0.29) is 32.0 Å². The minimum atomic E-state index is -4.65. The predicted octanol–water partition coefficient (Wildman–Crippen LogP) is 19.0. The summed E-state index contributed by atoms with van der Waals surface area (Å²) in [6, 6.07) is 0. The van der Waals surface area contributed by atoms with Crippen molar-refractivity contribution in [2.45, 2.75) is 264 Å². The molecule has 2 atom stereocenters. The lowest BCUT2D eigenvalue weighted by Crippen LogP contribution is -2.37. The Kier molecular flexibility index (Phi) is 54.4. The number of hydrogen-bond donors (Lipinski definition) is 0. The van der Waals surface area contributed by atoms with Gasteiger partial charge in [0.05, 0.1) is 27.7 Å². The van der Waals surface area contributed by atoms with Gasteiger partial charge in [-0.2, -0.15) is 0 Å². The summed E-state index contributed by atoms with van der Waals surface area (Å²) in [6.45, 7) is 4.11. The quantitative estimate of drug-likeness (QED) is 0.0195. The Labute approximate surface area is 468 Å². The zero-order chi connectivity index (χ0) is 55.6. The van der Waals surface area contributed by atoms with Crippen molar-refractivity contribution in [2.24, 2.45) is 0 Å². The lowest BCUT2D eigenvalue weighted by atomic mass is 10.0. The third-order valence-corrected chi connectivity index (χ3v) is 14.1. The highest BCUT2D eigenvalue weighted by atomic mass is 31.2. The maximum Gasteiger partial charge on any atom is 0.306 e. The highest BCUT2D eigenvalue weighted by molar-refractivity contribution is 7.45. The van der Waals surface area contributed by atoms with Gasteiger partial charge in [0, 0.05) is 12.8 Å². The lowest BCUT2D eigenvalue weighted by Gasteiger charge is -2.28. The number of carbonyl (C=O) groups excluding carboxylic acids is 2. The van der Waals surface area contributed by atoms with Gasteiger partial charge in [-0.05, 0) is 96.3 Å². The van der Waals surface area contributed by atoms with Crippen LogP contribution in [-0.4, -0.2) is 70.0 Å². The minimum absolute atomic E-state index is 0.0393. The van der Waals surface area contributed by atoms with Gasteiger partial charge >= 0.3 is 11.9 Å². The molecule has 0 aromatic heterocycles. The molecule has 0 aliphatic carbocycles. The van der Waals surface area contributed by atoms with E-state index in [2.05, 4.69) is 111 Å². The Bertz CT molecular complexity index is 1600. The number of likely N-dealkylation sites (N-methyl/N-ethyl adjacent to an activating group) is 1. The molecular formula is C66H116NO8P. The van der Waals surface area contributed by atoms with Gasteiger partial charge < -0.3 is 27.9 Å². The van der Waals surface area contributed by atoms with Crippen LogP contribution in [0, 0.1) is 0 Å². The molecule has 0 N–H and O–H groups in total. The van der Waals surface area contributed by atoms with Crippen LogP contribution >= 0.6 is 7.82 Å². The minimum Gasteiger partial charge on any atom is -0.756 e. The molecule has 0 heterocycles. The molecule has 438 valence electrons. The smallest absolute Gasteiger partial charge is 0.306 e. The van der Waals surface area contributed by atoms with E-state index >= 15 is 0 Å². The average molecular weight is 1080 g/mol. The van der Waals surface area contributed by atoms with Gasteiger partial charge in [-0.1, -0.05) is 246 Å². The molecule has 2 unspecified atom stereocenters. The van der Waals surface area contributed by atoms with Crippen LogP contribution in [0.4, 0.5) is 0 Å². The SMILES string of the molecule is CC/C=C\C/C=C\C/C=C\C/C=C\C/C=C\C/C=C\C/C=C\CCCCCCCC(=O)OC(COC(=O)CCCCCCCCCCCCCCC/C=C\CCCCCCCCCC)COP(=O)([O-])OCC[N+](C)(C)C. The monoisotopic (exact) mass is 1080 g/mol. The molecule has 0 aliphatic rings. The number of phosphoric acid groups is 1. The number of phosphoric ester groups is 1. The summed E-state index contributed by atoms with van der Waals surface area (Å²) in [6.07, 6.45) is 77.4. The fourth-order valence-electron chi connectivity index (χ4n) is 8.34. The molecule has 0 fully saturated rings. The van der Waals surface area contributed by atoms with Gasteiger partial charge in [-0.3, -0.25) is 14.2 Å². The molecule has 0 rings (SSSR count). The number of carbonyl (C=O) groups is 2. The summed E-state index contributed by atoms with van der Waals surface area (Å²) >= 11 is 0. The Morgan fingerprint density at radius 1 is 0.421 bits per heavy atom. The number of unbranched alkanes of at least 4 members (excludes halogenated alkanes) is 26. The molecule has 0 saturated carbocycles. The van der Waals surface area contributed by atoms with Crippen LogP contribution in [0.3, 0.4) is 0 Å². The predicted molar refractivity (Wildman–Crippen MR) is 323 cm³/mol. The molecular weight excluding hydrogens is 966 g/mol. The summed E-state index contributed by atoms with van der Waals surface area (Å²) < 4.78 is 34.2. The Hall–Kier alpha value is -3.07. The Morgan fingerprint density at radius 2 is 0.750 bits per heavy atom. The fraction of sp³-hybridized carbons (Fsp3) is 0.727. The second-order valence-corrected chi connectivity index (χ2v) is 23.1. The third kappa shape index (κ3) is 60.2. The van der Waals surface area contributed by atoms with Crippen LogP contribution in [0.1, 0.15) is 258 Å². The van der Waals surface area contributed by atoms with Crippen LogP contribution in [0.25, 0.3) is 0 Å². The van der Waals surface area contributed by atoms with Crippen LogP contribution < -0.4 is 4.89 Å². The van der Waals surface area contributed by atoms with E-state index in [4.69, 9.17) is 18.5 Å². The molecule has 0 radical (unpaired) electrons. The number of esters is 2. The van der Waals surface area contributed by atoms with Gasteiger partial charge in [0.1, 0.15) is 19.8 Å². The van der Waals surface area contributed by atoms with Crippen molar-refractivity contribution in [1.29, 1.82) is 0 Å². The largest absolute Gasteiger partial charge is 0.756 e. The lowest BCUT2D eigenvalue weighted by molar-refractivity contribution is -0.870. The number of ether oxygens (including phenoxy) is 2. The second-order valence-electron chi connectivity index (χ2n) is 21.7. The van der Waals surface area contributed by atoms with Crippen molar-refractivity contribution in [3.05, 3.63) is 97.2 Å². The number of hydrogen-bond acceptors (Lipinski definition) is 8. The molecule has 10 heteroatoms. The number of allylic oxidation sites excluding steroid dienone is 16. The summed E-state index contributed by atoms with van der Waals surface area (Å²) in [5, 5.41) is 0. The first-order valence-electron chi connectivity index (χ1n) is 30.9. The van der Waals surface area contributed by atoms with E-state index in [0.29, 0.717) is 17.4 Å². The molecule has 0 amide bonds. The maximum atomic E-state index is 12.8. The van der Waals surface area contributed by atoms with E-state index in [1.165, 1.54) is 128 Å². The highest BCUT2D eigenvalue weighted by Crippen LogP contribution is 2.38. The van der Waals surface area contributed by atoms with Crippen molar-refractivity contribution in [2.75, 3.05) is 47.5 Å². The van der Waals surface area contributed by atoms with Gasteiger partial charge in [0.25, 0.3) is 7.82 Å². The molecule has 9 nitrogen and oxygen atoms in total. The first-order valence-corrected chi connectivity index (χ1v) is 32.4. The van der Waals surface area contributed by atoms with Crippen LogP contribution in [0.2, 0.25) is 0 Å². The van der Waals surface area contributed by atoms with Crippen LogP contribution in [-0.2, 0) is 32.7 Å². The Morgan fingerprint density at radius 3 is 1.13 bits per heavy atom.